The van der Waals surface area contributed by atoms with Gasteiger partial charge in [0.05, 0.1) is 11.9 Å². The van der Waals surface area contributed by atoms with Crippen molar-refractivity contribution in [1.82, 2.24) is 20.6 Å². The molecule has 0 spiro atoms. The van der Waals surface area contributed by atoms with Gasteiger partial charge in [0.2, 0.25) is 0 Å². The molecule has 2 N–H and O–H groups in total. The summed E-state index contributed by atoms with van der Waals surface area (Å²) in [5, 5.41) is 6.18. The molecule has 1 unspecified atom stereocenters. The quantitative estimate of drug-likeness (QED) is 0.876. The zero-order valence-corrected chi connectivity index (χ0v) is 11.8. The Hall–Kier alpha value is -0.910. The van der Waals surface area contributed by atoms with Crippen molar-refractivity contribution in [2.75, 3.05) is 13.1 Å². The van der Waals surface area contributed by atoms with Crippen LogP contribution in [0.3, 0.4) is 0 Å². The van der Waals surface area contributed by atoms with E-state index in [0.29, 0.717) is 18.3 Å². The molecule has 1 aromatic heterocycles. The summed E-state index contributed by atoms with van der Waals surface area (Å²) in [6.45, 7) is 3.55. The molecule has 1 aliphatic rings. The Morgan fingerprint density at radius 1 is 1.44 bits per heavy atom. The maximum atomic E-state index is 11.7. The van der Waals surface area contributed by atoms with E-state index < -0.39 is 0 Å². The van der Waals surface area contributed by atoms with E-state index in [0.717, 1.165) is 18.7 Å². The van der Waals surface area contributed by atoms with Gasteiger partial charge in [-0.25, -0.2) is 4.98 Å². The standard InChI is InChI=1S/C11H16N4O.2ClH/c1-8-5-14-10(7-13-8)11(16)15-6-9-3-2-4-12-9;;/h5,7,9,12H,2-4,6H2,1H3,(H,15,16);2*1H. The molecule has 1 aromatic rings. The fourth-order valence-electron chi connectivity index (χ4n) is 1.75. The third kappa shape index (κ3) is 4.76. The third-order valence-corrected chi connectivity index (χ3v) is 2.68. The van der Waals surface area contributed by atoms with Crippen molar-refractivity contribution in [2.24, 2.45) is 0 Å². The lowest BCUT2D eigenvalue weighted by molar-refractivity contribution is 0.0945. The zero-order chi connectivity index (χ0) is 11.4. The molecule has 0 radical (unpaired) electrons. The van der Waals surface area contributed by atoms with Crippen LogP contribution in [0, 0.1) is 6.92 Å². The van der Waals surface area contributed by atoms with Gasteiger partial charge in [-0.05, 0) is 26.3 Å². The molecule has 2 heterocycles. The Morgan fingerprint density at radius 2 is 2.22 bits per heavy atom. The van der Waals surface area contributed by atoms with Gasteiger partial charge in [0.1, 0.15) is 5.69 Å². The number of hydrogen-bond donors (Lipinski definition) is 2. The second-order valence-electron chi connectivity index (χ2n) is 4.05. The Morgan fingerprint density at radius 3 is 2.78 bits per heavy atom. The minimum atomic E-state index is -0.152. The summed E-state index contributed by atoms with van der Waals surface area (Å²) in [6, 6.07) is 0.405. The maximum Gasteiger partial charge on any atom is 0.271 e. The topological polar surface area (TPSA) is 66.9 Å². The molecule has 1 saturated heterocycles. The lowest BCUT2D eigenvalue weighted by Crippen LogP contribution is -2.37. The first kappa shape index (κ1) is 17.1. The molecule has 7 heteroatoms. The van der Waals surface area contributed by atoms with Gasteiger partial charge in [0.25, 0.3) is 5.91 Å². The van der Waals surface area contributed by atoms with E-state index in [1.165, 1.54) is 12.6 Å². The minimum Gasteiger partial charge on any atom is -0.349 e. The van der Waals surface area contributed by atoms with Gasteiger partial charge < -0.3 is 10.6 Å². The van der Waals surface area contributed by atoms with Crippen LogP contribution in [-0.2, 0) is 0 Å². The zero-order valence-electron chi connectivity index (χ0n) is 10.2. The van der Waals surface area contributed by atoms with Crippen LogP contribution in [0.15, 0.2) is 12.4 Å². The average Bonchev–Trinajstić information content (AvgIpc) is 2.80. The van der Waals surface area contributed by atoms with Crippen molar-refractivity contribution in [3.05, 3.63) is 23.8 Å². The Bertz CT molecular complexity index is 366. The minimum absolute atomic E-state index is 0. The first-order chi connectivity index (χ1) is 7.75. The van der Waals surface area contributed by atoms with Gasteiger partial charge in [0, 0.05) is 18.8 Å². The summed E-state index contributed by atoms with van der Waals surface area (Å²) in [7, 11) is 0. The van der Waals surface area contributed by atoms with Gasteiger partial charge in [-0.2, -0.15) is 0 Å². The number of halogens is 2. The van der Waals surface area contributed by atoms with E-state index in [4.69, 9.17) is 0 Å². The molecular weight excluding hydrogens is 275 g/mol. The highest BCUT2D eigenvalue weighted by Crippen LogP contribution is 2.03. The third-order valence-electron chi connectivity index (χ3n) is 2.68. The molecule has 102 valence electrons. The predicted octanol–water partition coefficient (Wildman–Crippen LogP) is 1.11. The lowest BCUT2D eigenvalue weighted by atomic mass is 10.2. The smallest absolute Gasteiger partial charge is 0.271 e. The van der Waals surface area contributed by atoms with Gasteiger partial charge in [-0.15, -0.1) is 24.8 Å². The first-order valence-electron chi connectivity index (χ1n) is 5.56. The van der Waals surface area contributed by atoms with Crippen molar-refractivity contribution in [1.29, 1.82) is 0 Å². The average molecular weight is 293 g/mol. The number of rotatable bonds is 3. The van der Waals surface area contributed by atoms with Crippen LogP contribution in [0.25, 0.3) is 0 Å². The first-order valence-corrected chi connectivity index (χ1v) is 5.56. The van der Waals surface area contributed by atoms with Crippen LogP contribution in [0.5, 0.6) is 0 Å². The summed E-state index contributed by atoms with van der Waals surface area (Å²) in [5.74, 6) is -0.152. The highest BCUT2D eigenvalue weighted by Gasteiger charge is 2.15. The van der Waals surface area contributed by atoms with Gasteiger partial charge in [-0.3, -0.25) is 9.78 Å². The lowest BCUT2D eigenvalue weighted by Gasteiger charge is -2.10. The molecule has 0 bridgehead atoms. The highest BCUT2D eigenvalue weighted by molar-refractivity contribution is 5.91. The van der Waals surface area contributed by atoms with E-state index >= 15 is 0 Å². The molecule has 0 aliphatic carbocycles. The number of carbonyl (C=O) groups excluding carboxylic acids is 1. The van der Waals surface area contributed by atoms with Crippen molar-refractivity contribution in [3.8, 4) is 0 Å². The molecule has 1 atom stereocenters. The molecule has 18 heavy (non-hydrogen) atoms. The van der Waals surface area contributed by atoms with Gasteiger partial charge in [0.15, 0.2) is 0 Å². The normalized spacial score (nSPS) is 17.5. The van der Waals surface area contributed by atoms with E-state index in [-0.39, 0.29) is 30.7 Å². The highest BCUT2D eigenvalue weighted by atomic mass is 35.5. The number of nitrogens with zero attached hydrogens (tertiary/aromatic N) is 2. The Kier molecular flexibility index (Phi) is 7.82. The number of hydrogen-bond acceptors (Lipinski definition) is 4. The number of amides is 1. The summed E-state index contributed by atoms with van der Waals surface area (Å²) in [4.78, 5) is 19.7. The molecule has 1 amide bonds. The number of carbonyl (C=O) groups is 1. The van der Waals surface area contributed by atoms with E-state index in [9.17, 15) is 4.79 Å². The number of nitrogens with one attached hydrogen (secondary N) is 2. The van der Waals surface area contributed by atoms with Crippen LogP contribution < -0.4 is 10.6 Å². The van der Waals surface area contributed by atoms with Crippen LogP contribution in [0.2, 0.25) is 0 Å². The molecule has 2 rings (SSSR count). The summed E-state index contributed by atoms with van der Waals surface area (Å²) >= 11 is 0. The fourth-order valence-corrected chi connectivity index (χ4v) is 1.75. The number of aromatic nitrogens is 2. The van der Waals surface area contributed by atoms with Crippen LogP contribution in [0.1, 0.15) is 29.0 Å². The van der Waals surface area contributed by atoms with Crippen molar-refractivity contribution < 1.29 is 4.79 Å². The molecule has 5 nitrogen and oxygen atoms in total. The van der Waals surface area contributed by atoms with Crippen LogP contribution >= 0.6 is 24.8 Å². The predicted molar refractivity (Wildman–Crippen MR) is 74.6 cm³/mol. The molecule has 0 saturated carbocycles. The van der Waals surface area contributed by atoms with Crippen LogP contribution in [0.4, 0.5) is 0 Å². The summed E-state index contributed by atoms with van der Waals surface area (Å²) in [5.41, 5.74) is 1.19. The summed E-state index contributed by atoms with van der Waals surface area (Å²) in [6.07, 6.45) is 5.42. The van der Waals surface area contributed by atoms with E-state index in [1.54, 1.807) is 6.20 Å². The van der Waals surface area contributed by atoms with Crippen molar-refractivity contribution in [2.45, 2.75) is 25.8 Å². The Labute approximate surface area is 119 Å². The van der Waals surface area contributed by atoms with Gasteiger partial charge >= 0.3 is 0 Å². The molecule has 1 fully saturated rings. The van der Waals surface area contributed by atoms with Crippen LogP contribution in [-0.4, -0.2) is 35.0 Å². The largest absolute Gasteiger partial charge is 0.349 e. The second-order valence-corrected chi connectivity index (χ2v) is 4.05. The maximum absolute atomic E-state index is 11.7. The van der Waals surface area contributed by atoms with E-state index in [2.05, 4.69) is 20.6 Å². The fraction of sp³-hybridized carbons (Fsp3) is 0.545. The molecule has 1 aliphatic heterocycles. The SMILES string of the molecule is Cc1cnc(C(=O)NCC2CCCN2)cn1.Cl.Cl. The Balaban J connectivity index is 0.00000144. The summed E-state index contributed by atoms with van der Waals surface area (Å²) < 4.78 is 0. The monoisotopic (exact) mass is 292 g/mol. The van der Waals surface area contributed by atoms with Crippen molar-refractivity contribution in [3.63, 3.8) is 0 Å². The van der Waals surface area contributed by atoms with Gasteiger partial charge in [-0.1, -0.05) is 0 Å². The van der Waals surface area contributed by atoms with Crippen molar-refractivity contribution >= 4 is 30.7 Å². The molecule has 0 aromatic carbocycles. The number of aryl methyl sites for hydroxylation is 1. The molecular formula is C11H18Cl2N4O. The second kappa shape index (κ2) is 8.24. The van der Waals surface area contributed by atoms with E-state index in [1.807, 2.05) is 6.92 Å².